The van der Waals surface area contributed by atoms with Gasteiger partial charge in [-0.15, -0.1) is 18.2 Å². The number of benzene rings is 1. The summed E-state index contributed by atoms with van der Waals surface area (Å²) in [5, 5.41) is 0. The molecule has 154 valence electrons. The molecule has 2 amide bonds. The first kappa shape index (κ1) is 21.5. The quantitative estimate of drug-likeness (QED) is 0.633. The molecule has 1 saturated heterocycles. The Labute approximate surface area is 179 Å². The summed E-state index contributed by atoms with van der Waals surface area (Å²) in [5.41, 5.74) is 0.927. The number of likely N-dealkylation sites (tertiary alicyclic amines) is 1. The van der Waals surface area contributed by atoms with Crippen molar-refractivity contribution in [2.24, 2.45) is 4.99 Å². The predicted octanol–water partition coefficient (Wildman–Crippen LogP) is 2.91. The van der Waals surface area contributed by atoms with E-state index in [0.29, 0.717) is 23.7 Å². The fourth-order valence-corrected chi connectivity index (χ4v) is 5.01. The number of thiazole rings is 1. The molecule has 0 radical (unpaired) electrons. The van der Waals surface area contributed by atoms with Gasteiger partial charge in [-0.3, -0.25) is 9.59 Å². The first-order chi connectivity index (χ1) is 14.1. The molecule has 0 N–H and O–H groups in total. The number of thioether (sulfide) groups is 1. The number of fused-ring (bicyclic) bond motifs is 1. The maximum atomic E-state index is 12.4. The van der Waals surface area contributed by atoms with Crippen LogP contribution >= 0.6 is 23.1 Å². The van der Waals surface area contributed by atoms with E-state index in [2.05, 4.69) is 10.9 Å². The zero-order chi connectivity index (χ0) is 20.6. The maximum Gasteiger partial charge on any atom is 0.258 e. The van der Waals surface area contributed by atoms with Crippen LogP contribution in [0.15, 0.2) is 23.2 Å². The van der Waals surface area contributed by atoms with E-state index in [1.165, 1.54) is 29.5 Å². The summed E-state index contributed by atoms with van der Waals surface area (Å²) in [6, 6.07) is 5.76. The minimum Gasteiger partial charge on any atom is -0.494 e. The van der Waals surface area contributed by atoms with Gasteiger partial charge in [-0.05, 0) is 44.4 Å². The van der Waals surface area contributed by atoms with Crippen LogP contribution in [0.25, 0.3) is 10.2 Å². The lowest BCUT2D eigenvalue weighted by Crippen LogP contribution is -2.36. The first-order valence-corrected chi connectivity index (χ1v) is 11.7. The molecule has 8 heteroatoms. The molecule has 6 nitrogen and oxygen atoms in total. The number of hydrogen-bond acceptors (Lipinski definition) is 5. The second-order valence-corrected chi connectivity index (χ2v) is 8.67. The summed E-state index contributed by atoms with van der Waals surface area (Å²) in [6.45, 7) is 4.51. The number of hydrogen-bond donors (Lipinski definition) is 0. The SMILES string of the molecule is C#CCn1c(=NC(=O)CSCC(=O)N2CCCCC2)sc2cc(OCC)ccc21. The van der Waals surface area contributed by atoms with Gasteiger partial charge < -0.3 is 14.2 Å². The van der Waals surface area contributed by atoms with Crippen molar-refractivity contribution in [3.63, 3.8) is 0 Å². The van der Waals surface area contributed by atoms with Gasteiger partial charge in [0.05, 0.1) is 34.9 Å². The topological polar surface area (TPSA) is 63.9 Å². The van der Waals surface area contributed by atoms with Gasteiger partial charge in [0.2, 0.25) is 5.91 Å². The number of amides is 2. The lowest BCUT2D eigenvalue weighted by atomic mass is 10.1. The second-order valence-electron chi connectivity index (χ2n) is 6.68. The van der Waals surface area contributed by atoms with Crippen LogP contribution in [-0.4, -0.2) is 52.5 Å². The van der Waals surface area contributed by atoms with Gasteiger partial charge in [0.1, 0.15) is 5.75 Å². The number of terminal acetylenes is 1. The van der Waals surface area contributed by atoms with Gasteiger partial charge >= 0.3 is 0 Å². The number of nitrogens with zero attached hydrogens (tertiary/aromatic N) is 3. The number of aromatic nitrogens is 1. The van der Waals surface area contributed by atoms with E-state index < -0.39 is 0 Å². The molecule has 0 spiro atoms. The molecule has 0 atom stereocenters. The van der Waals surface area contributed by atoms with E-state index in [4.69, 9.17) is 11.2 Å². The summed E-state index contributed by atoms with van der Waals surface area (Å²) in [6.07, 6.45) is 8.83. The Hall–Kier alpha value is -2.24. The van der Waals surface area contributed by atoms with Crippen LogP contribution in [0.2, 0.25) is 0 Å². The summed E-state index contributed by atoms with van der Waals surface area (Å²) in [7, 11) is 0. The Morgan fingerprint density at radius 1 is 1.28 bits per heavy atom. The van der Waals surface area contributed by atoms with E-state index >= 15 is 0 Å². The molecule has 1 aliphatic rings. The lowest BCUT2D eigenvalue weighted by Gasteiger charge is -2.26. The van der Waals surface area contributed by atoms with E-state index in [1.807, 2.05) is 34.6 Å². The fourth-order valence-electron chi connectivity index (χ4n) is 3.24. The monoisotopic (exact) mass is 431 g/mol. The third-order valence-corrected chi connectivity index (χ3v) is 6.54. The normalized spacial score (nSPS) is 14.8. The largest absolute Gasteiger partial charge is 0.494 e. The van der Waals surface area contributed by atoms with Gasteiger partial charge in [-0.1, -0.05) is 17.3 Å². The third kappa shape index (κ3) is 5.64. The van der Waals surface area contributed by atoms with Crippen LogP contribution < -0.4 is 9.54 Å². The average Bonchev–Trinajstić information content (AvgIpc) is 3.05. The van der Waals surface area contributed by atoms with Crippen molar-refractivity contribution in [1.29, 1.82) is 0 Å². The van der Waals surface area contributed by atoms with Crippen LogP contribution in [0.3, 0.4) is 0 Å². The maximum absolute atomic E-state index is 12.4. The molecule has 2 heterocycles. The highest BCUT2D eigenvalue weighted by Gasteiger charge is 2.16. The van der Waals surface area contributed by atoms with Gasteiger partial charge in [-0.25, -0.2) is 0 Å². The average molecular weight is 432 g/mol. The minimum absolute atomic E-state index is 0.107. The van der Waals surface area contributed by atoms with E-state index in [9.17, 15) is 9.59 Å². The molecule has 0 unspecified atom stereocenters. The van der Waals surface area contributed by atoms with E-state index in [1.54, 1.807) is 0 Å². The number of piperidine rings is 1. The fraction of sp³-hybridized carbons (Fsp3) is 0.476. The van der Waals surface area contributed by atoms with Crippen molar-refractivity contribution in [2.75, 3.05) is 31.2 Å². The zero-order valence-corrected chi connectivity index (χ0v) is 18.2. The first-order valence-electron chi connectivity index (χ1n) is 9.75. The van der Waals surface area contributed by atoms with Gasteiger partial charge in [0.15, 0.2) is 4.80 Å². The van der Waals surface area contributed by atoms with Crippen molar-refractivity contribution in [2.45, 2.75) is 32.7 Å². The number of carbonyl (C=O) groups is 2. The molecule has 1 aromatic carbocycles. The molecule has 0 aliphatic carbocycles. The van der Waals surface area contributed by atoms with Crippen molar-refractivity contribution in [3.8, 4) is 18.1 Å². The summed E-state index contributed by atoms with van der Waals surface area (Å²) < 4.78 is 8.37. The molecule has 29 heavy (non-hydrogen) atoms. The zero-order valence-electron chi connectivity index (χ0n) is 16.6. The molecule has 0 saturated carbocycles. The molecular weight excluding hydrogens is 406 g/mol. The van der Waals surface area contributed by atoms with Crippen LogP contribution in [-0.2, 0) is 16.1 Å². The molecular formula is C21H25N3O3S2. The standard InChI is InChI=1S/C21H25N3O3S2/c1-3-10-24-17-9-8-16(27-4-2)13-18(17)29-21(24)22-19(25)14-28-15-20(26)23-11-6-5-7-12-23/h1,8-9,13H,4-7,10-12,14-15H2,2H3. The highest BCUT2D eigenvalue weighted by Crippen LogP contribution is 2.23. The number of carbonyl (C=O) groups excluding carboxylic acids is 2. The summed E-state index contributed by atoms with van der Waals surface area (Å²) >= 11 is 2.73. The van der Waals surface area contributed by atoms with Gasteiger partial charge in [0.25, 0.3) is 5.91 Å². The number of ether oxygens (including phenoxy) is 1. The predicted molar refractivity (Wildman–Crippen MR) is 118 cm³/mol. The van der Waals surface area contributed by atoms with E-state index in [0.717, 1.165) is 41.9 Å². The summed E-state index contributed by atoms with van der Waals surface area (Å²) in [4.78, 5) is 31.3. The highest BCUT2D eigenvalue weighted by molar-refractivity contribution is 8.00. The Bertz CT molecular complexity index is 981. The molecule has 1 aromatic heterocycles. The van der Waals surface area contributed by atoms with Crippen molar-refractivity contribution in [1.82, 2.24) is 9.47 Å². The third-order valence-electron chi connectivity index (χ3n) is 4.59. The Kier molecular flexibility index (Phi) is 7.78. The van der Waals surface area contributed by atoms with Crippen molar-refractivity contribution in [3.05, 3.63) is 23.0 Å². The molecule has 0 bridgehead atoms. The molecule has 1 aliphatic heterocycles. The summed E-state index contributed by atoms with van der Waals surface area (Å²) in [5.74, 6) is 3.73. The van der Waals surface area contributed by atoms with Gasteiger partial charge in [-0.2, -0.15) is 4.99 Å². The van der Waals surface area contributed by atoms with Crippen LogP contribution in [0.1, 0.15) is 26.2 Å². The van der Waals surface area contributed by atoms with Crippen LogP contribution in [0.5, 0.6) is 5.75 Å². The molecule has 2 aromatic rings. The Balaban J connectivity index is 1.69. The van der Waals surface area contributed by atoms with E-state index in [-0.39, 0.29) is 17.6 Å². The highest BCUT2D eigenvalue weighted by atomic mass is 32.2. The molecule has 3 rings (SSSR count). The number of rotatable bonds is 7. The Morgan fingerprint density at radius 2 is 2.07 bits per heavy atom. The van der Waals surface area contributed by atoms with Crippen LogP contribution in [0.4, 0.5) is 0 Å². The lowest BCUT2D eigenvalue weighted by molar-refractivity contribution is -0.129. The minimum atomic E-state index is -0.260. The second kappa shape index (κ2) is 10.5. The van der Waals surface area contributed by atoms with Crippen molar-refractivity contribution >= 4 is 45.1 Å². The van der Waals surface area contributed by atoms with Crippen molar-refractivity contribution < 1.29 is 14.3 Å². The molecule has 1 fully saturated rings. The Morgan fingerprint density at radius 3 is 2.79 bits per heavy atom. The van der Waals surface area contributed by atoms with Crippen LogP contribution in [0, 0.1) is 12.3 Å². The van der Waals surface area contributed by atoms with Gasteiger partial charge in [0, 0.05) is 13.1 Å². The smallest absolute Gasteiger partial charge is 0.258 e.